The molecule has 4 nitrogen and oxygen atoms in total. The van der Waals surface area contributed by atoms with Gasteiger partial charge in [0.2, 0.25) is 5.91 Å². The Balaban J connectivity index is 1.83. The van der Waals surface area contributed by atoms with Gasteiger partial charge >= 0.3 is 0 Å². The van der Waals surface area contributed by atoms with E-state index in [-0.39, 0.29) is 18.3 Å². The number of nitrogens with one attached hydrogen (secondary N) is 1. The van der Waals surface area contributed by atoms with Gasteiger partial charge in [-0.2, -0.15) is 0 Å². The van der Waals surface area contributed by atoms with Crippen LogP contribution in [0.5, 0.6) is 0 Å². The van der Waals surface area contributed by atoms with Crippen LogP contribution in [0, 0.1) is 5.82 Å². The quantitative estimate of drug-likeness (QED) is 0.821. The minimum absolute atomic E-state index is 0.197. The first-order valence-corrected chi connectivity index (χ1v) is 6.59. The van der Waals surface area contributed by atoms with Crippen molar-refractivity contribution in [1.82, 2.24) is 5.32 Å². The second-order valence-electron chi connectivity index (χ2n) is 4.94. The number of hydrogen-bond acceptors (Lipinski definition) is 3. The van der Waals surface area contributed by atoms with Crippen molar-refractivity contribution in [3.8, 4) is 0 Å². The molecule has 1 aliphatic rings. The van der Waals surface area contributed by atoms with Crippen molar-refractivity contribution in [3.05, 3.63) is 41.7 Å². The lowest BCUT2D eigenvalue weighted by atomic mass is 9.94. The van der Waals surface area contributed by atoms with Gasteiger partial charge in [-0.05, 0) is 23.8 Å². The fraction of sp³-hybridized carbons (Fsp3) is 0.400. The number of benzene rings is 1. The van der Waals surface area contributed by atoms with E-state index in [0.29, 0.717) is 31.6 Å². The van der Waals surface area contributed by atoms with Crippen LogP contribution < -0.4 is 5.32 Å². The molecular weight excluding hydrogens is 261 g/mol. The molecule has 0 aromatic heterocycles. The first-order chi connectivity index (χ1) is 9.57. The maximum Gasteiger partial charge on any atom is 0.244 e. The maximum atomic E-state index is 13.0. The molecule has 1 heterocycles. The van der Waals surface area contributed by atoms with Gasteiger partial charge in [-0.15, -0.1) is 0 Å². The Kier molecular flexibility index (Phi) is 4.87. The first-order valence-electron chi connectivity index (χ1n) is 6.59. The highest BCUT2D eigenvalue weighted by atomic mass is 19.1. The zero-order valence-corrected chi connectivity index (χ0v) is 11.1. The average Bonchev–Trinajstić information content (AvgIpc) is 2.44. The van der Waals surface area contributed by atoms with E-state index in [1.54, 1.807) is 12.1 Å². The molecule has 0 atom stereocenters. The average molecular weight is 279 g/mol. The number of carbonyl (C=O) groups excluding carboxylic acids is 1. The molecule has 1 saturated heterocycles. The van der Waals surface area contributed by atoms with Gasteiger partial charge in [-0.25, -0.2) is 4.39 Å². The Labute approximate surface area is 117 Å². The Morgan fingerprint density at radius 2 is 2.20 bits per heavy atom. The lowest BCUT2D eigenvalue weighted by molar-refractivity contribution is -0.119. The topological polar surface area (TPSA) is 58.6 Å². The highest BCUT2D eigenvalue weighted by molar-refractivity contribution is 5.91. The summed E-state index contributed by atoms with van der Waals surface area (Å²) in [5.74, 6) is -0.654. The molecule has 2 rings (SSSR count). The summed E-state index contributed by atoms with van der Waals surface area (Å²) in [5, 5.41) is 12.8. The predicted octanol–water partition coefficient (Wildman–Crippen LogP) is 1.50. The predicted molar refractivity (Wildman–Crippen MR) is 73.4 cm³/mol. The van der Waals surface area contributed by atoms with Crippen LogP contribution in [0.2, 0.25) is 0 Å². The van der Waals surface area contributed by atoms with Gasteiger partial charge in [-0.3, -0.25) is 4.79 Å². The zero-order chi connectivity index (χ0) is 14.4. The summed E-state index contributed by atoms with van der Waals surface area (Å²) in [6, 6.07) is 5.98. The van der Waals surface area contributed by atoms with E-state index in [0.717, 1.165) is 0 Å². The van der Waals surface area contributed by atoms with Crippen LogP contribution in [-0.2, 0) is 9.53 Å². The molecule has 108 valence electrons. The molecule has 0 radical (unpaired) electrons. The molecule has 20 heavy (non-hydrogen) atoms. The van der Waals surface area contributed by atoms with Crippen molar-refractivity contribution in [3.63, 3.8) is 0 Å². The number of amides is 1. The second-order valence-corrected chi connectivity index (χ2v) is 4.94. The highest BCUT2D eigenvalue weighted by Gasteiger charge is 2.29. The smallest absolute Gasteiger partial charge is 0.244 e. The molecule has 0 spiro atoms. The van der Waals surface area contributed by atoms with Crippen LogP contribution in [0.15, 0.2) is 30.3 Å². The minimum Gasteiger partial charge on any atom is -0.388 e. The van der Waals surface area contributed by atoms with Gasteiger partial charge in [0.1, 0.15) is 5.82 Å². The first kappa shape index (κ1) is 14.7. The van der Waals surface area contributed by atoms with Crippen LogP contribution in [0.25, 0.3) is 6.08 Å². The minimum atomic E-state index is -0.888. The number of ether oxygens (including phenoxy) is 1. The molecule has 5 heteroatoms. The van der Waals surface area contributed by atoms with Gasteiger partial charge in [-0.1, -0.05) is 12.1 Å². The summed E-state index contributed by atoms with van der Waals surface area (Å²) in [6.07, 6.45) is 3.89. The van der Waals surface area contributed by atoms with Crippen molar-refractivity contribution >= 4 is 12.0 Å². The molecule has 0 aliphatic carbocycles. The van der Waals surface area contributed by atoms with Crippen LogP contribution in [-0.4, -0.2) is 36.4 Å². The summed E-state index contributed by atoms with van der Waals surface area (Å²) in [7, 11) is 0. The number of carbonyl (C=O) groups is 1. The Bertz CT molecular complexity index is 496. The van der Waals surface area contributed by atoms with Gasteiger partial charge < -0.3 is 15.2 Å². The third-order valence-electron chi connectivity index (χ3n) is 3.29. The molecule has 1 amide bonds. The van der Waals surface area contributed by atoms with Crippen molar-refractivity contribution in [1.29, 1.82) is 0 Å². The standard InChI is InChI=1S/C15H18FNO3/c16-13-3-1-2-12(10-13)4-5-14(18)17-11-15(19)6-8-20-9-7-15/h1-5,10,19H,6-9,11H2,(H,17,18)/b5-4+. The van der Waals surface area contributed by atoms with Gasteiger partial charge in [0.15, 0.2) is 0 Å². The van der Waals surface area contributed by atoms with Crippen molar-refractivity contribution < 1.29 is 19.0 Å². The number of halogens is 1. The molecule has 0 unspecified atom stereocenters. The summed E-state index contributed by atoms with van der Waals surface area (Å²) in [4.78, 5) is 11.7. The lowest BCUT2D eigenvalue weighted by Gasteiger charge is -2.31. The second kappa shape index (κ2) is 6.63. The van der Waals surface area contributed by atoms with Crippen molar-refractivity contribution in [2.45, 2.75) is 18.4 Å². The van der Waals surface area contributed by atoms with Crippen LogP contribution in [0.1, 0.15) is 18.4 Å². The van der Waals surface area contributed by atoms with E-state index in [4.69, 9.17) is 4.74 Å². The molecule has 1 fully saturated rings. The van der Waals surface area contributed by atoms with Crippen molar-refractivity contribution in [2.24, 2.45) is 0 Å². The van der Waals surface area contributed by atoms with E-state index in [9.17, 15) is 14.3 Å². The van der Waals surface area contributed by atoms with Gasteiger partial charge in [0.05, 0.1) is 5.60 Å². The number of hydrogen-bond donors (Lipinski definition) is 2. The molecule has 0 saturated carbocycles. The number of aliphatic hydroxyl groups is 1. The maximum absolute atomic E-state index is 13.0. The largest absolute Gasteiger partial charge is 0.388 e. The van der Waals surface area contributed by atoms with E-state index in [1.807, 2.05) is 0 Å². The summed E-state index contributed by atoms with van der Waals surface area (Å²) in [6.45, 7) is 1.21. The SMILES string of the molecule is O=C(/C=C/c1cccc(F)c1)NCC1(O)CCOCC1. The van der Waals surface area contributed by atoms with E-state index in [2.05, 4.69) is 5.32 Å². The molecule has 1 aromatic rings. The molecule has 1 aromatic carbocycles. The lowest BCUT2D eigenvalue weighted by Crippen LogP contribution is -2.46. The Morgan fingerprint density at radius 1 is 1.45 bits per heavy atom. The molecular formula is C15H18FNO3. The molecule has 1 aliphatic heterocycles. The van der Waals surface area contributed by atoms with Crippen LogP contribution >= 0.6 is 0 Å². The third-order valence-corrected chi connectivity index (χ3v) is 3.29. The number of rotatable bonds is 4. The summed E-state index contributed by atoms with van der Waals surface area (Å²) >= 11 is 0. The van der Waals surface area contributed by atoms with Crippen LogP contribution in [0.4, 0.5) is 4.39 Å². The van der Waals surface area contributed by atoms with Gasteiger partial charge in [0.25, 0.3) is 0 Å². The fourth-order valence-corrected chi connectivity index (χ4v) is 2.02. The normalized spacial score (nSPS) is 18.1. The summed E-state index contributed by atoms with van der Waals surface area (Å²) in [5.41, 5.74) is -0.273. The Hall–Kier alpha value is -1.72. The molecule has 2 N–H and O–H groups in total. The Morgan fingerprint density at radius 3 is 2.90 bits per heavy atom. The zero-order valence-electron chi connectivity index (χ0n) is 11.1. The van der Waals surface area contributed by atoms with E-state index < -0.39 is 5.60 Å². The third kappa shape index (κ3) is 4.43. The monoisotopic (exact) mass is 279 g/mol. The van der Waals surface area contributed by atoms with Crippen molar-refractivity contribution in [2.75, 3.05) is 19.8 Å². The van der Waals surface area contributed by atoms with Crippen LogP contribution in [0.3, 0.4) is 0 Å². The van der Waals surface area contributed by atoms with Gasteiger partial charge in [0, 0.05) is 38.7 Å². The molecule has 0 bridgehead atoms. The fourth-order valence-electron chi connectivity index (χ4n) is 2.02. The summed E-state index contributed by atoms with van der Waals surface area (Å²) < 4.78 is 18.1. The van der Waals surface area contributed by atoms with E-state index in [1.165, 1.54) is 24.3 Å². The highest BCUT2D eigenvalue weighted by Crippen LogP contribution is 2.19. The van der Waals surface area contributed by atoms with E-state index >= 15 is 0 Å².